The van der Waals surface area contributed by atoms with E-state index in [1.165, 1.54) is 16.7 Å². The Kier molecular flexibility index (Phi) is 5.63. The van der Waals surface area contributed by atoms with Gasteiger partial charge in [0.25, 0.3) is 0 Å². The molecule has 1 aliphatic heterocycles. The lowest BCUT2D eigenvalue weighted by Crippen LogP contribution is -2.41. The maximum atomic E-state index is 11.7. The highest BCUT2D eigenvalue weighted by Gasteiger charge is 2.22. The number of para-hydroxylation sites is 1. The van der Waals surface area contributed by atoms with Crippen LogP contribution in [0, 0.1) is 0 Å². The highest BCUT2D eigenvalue weighted by molar-refractivity contribution is 9.10. The third-order valence-corrected chi connectivity index (χ3v) is 4.39. The Morgan fingerprint density at radius 1 is 1.29 bits per heavy atom. The number of nitrogens with zero attached hydrogens (tertiary/aromatic N) is 1. The summed E-state index contributed by atoms with van der Waals surface area (Å²) in [7, 11) is 0. The van der Waals surface area contributed by atoms with Crippen LogP contribution in [0.15, 0.2) is 28.7 Å². The fourth-order valence-corrected chi connectivity index (χ4v) is 2.99. The zero-order valence-corrected chi connectivity index (χ0v) is 13.5. The molecule has 0 radical (unpaired) electrons. The molecule has 6 nitrogen and oxygen atoms in total. The standard InChI is InChI=1S/C13H14BrN3O3S/c14-9-3-1-2-4-10(9)16-11(18)5-15-12(19)6-17-8-21-7-13(17)20/h1-4H,5-8H2,(H,15,19)(H,16,18). The van der Waals surface area contributed by atoms with E-state index in [1.54, 1.807) is 12.1 Å². The molecule has 0 aromatic heterocycles. The number of benzene rings is 1. The van der Waals surface area contributed by atoms with Crippen LogP contribution in [0.2, 0.25) is 0 Å². The molecule has 1 aromatic rings. The van der Waals surface area contributed by atoms with Crippen molar-refractivity contribution >= 4 is 51.1 Å². The first-order valence-electron chi connectivity index (χ1n) is 6.23. The number of hydrogen-bond donors (Lipinski definition) is 2. The van der Waals surface area contributed by atoms with E-state index in [0.29, 0.717) is 17.3 Å². The van der Waals surface area contributed by atoms with E-state index in [0.717, 1.165) is 4.47 Å². The van der Waals surface area contributed by atoms with Gasteiger partial charge in [-0.1, -0.05) is 12.1 Å². The maximum Gasteiger partial charge on any atom is 0.243 e. The summed E-state index contributed by atoms with van der Waals surface area (Å²) in [5, 5.41) is 5.18. The number of amides is 3. The Bertz CT molecular complexity index is 567. The second-order valence-corrected chi connectivity index (χ2v) is 6.18. The van der Waals surface area contributed by atoms with E-state index < -0.39 is 0 Å². The lowest BCUT2D eigenvalue weighted by molar-refractivity contribution is -0.132. The lowest BCUT2D eigenvalue weighted by Gasteiger charge is -2.14. The monoisotopic (exact) mass is 371 g/mol. The largest absolute Gasteiger partial charge is 0.345 e. The summed E-state index contributed by atoms with van der Waals surface area (Å²) in [4.78, 5) is 36.2. The third kappa shape index (κ3) is 4.75. The van der Waals surface area contributed by atoms with Crippen molar-refractivity contribution in [3.8, 4) is 0 Å². The molecular weight excluding hydrogens is 358 g/mol. The van der Waals surface area contributed by atoms with E-state index in [-0.39, 0.29) is 30.8 Å². The Hall–Kier alpha value is -1.54. The molecule has 0 saturated carbocycles. The second-order valence-electron chi connectivity index (χ2n) is 4.37. The highest BCUT2D eigenvalue weighted by atomic mass is 79.9. The van der Waals surface area contributed by atoms with Crippen LogP contribution < -0.4 is 10.6 Å². The number of rotatable bonds is 5. The minimum Gasteiger partial charge on any atom is -0.345 e. The van der Waals surface area contributed by atoms with Crippen molar-refractivity contribution in [3.05, 3.63) is 28.7 Å². The summed E-state index contributed by atoms with van der Waals surface area (Å²) >= 11 is 4.79. The highest BCUT2D eigenvalue weighted by Crippen LogP contribution is 2.20. The van der Waals surface area contributed by atoms with E-state index in [4.69, 9.17) is 0 Å². The molecule has 3 amide bonds. The average molecular weight is 372 g/mol. The van der Waals surface area contributed by atoms with Gasteiger partial charge in [0.1, 0.15) is 6.54 Å². The second kappa shape index (κ2) is 7.46. The molecule has 1 fully saturated rings. The van der Waals surface area contributed by atoms with E-state index in [9.17, 15) is 14.4 Å². The molecular formula is C13H14BrN3O3S. The summed E-state index contributed by atoms with van der Waals surface area (Å²) < 4.78 is 0.768. The minimum atomic E-state index is -0.340. The van der Waals surface area contributed by atoms with Gasteiger partial charge in [0.2, 0.25) is 17.7 Å². The van der Waals surface area contributed by atoms with Crippen molar-refractivity contribution in [2.24, 2.45) is 0 Å². The number of anilines is 1. The number of carbonyl (C=O) groups excluding carboxylic acids is 3. The first-order valence-corrected chi connectivity index (χ1v) is 8.17. The van der Waals surface area contributed by atoms with Crippen LogP contribution in [0.5, 0.6) is 0 Å². The normalized spacial score (nSPS) is 14.1. The summed E-state index contributed by atoms with van der Waals surface area (Å²) in [6, 6.07) is 7.21. The van der Waals surface area contributed by atoms with Crippen LogP contribution in [-0.4, -0.2) is 47.3 Å². The SMILES string of the molecule is O=C(CN1CSCC1=O)NCC(=O)Nc1ccccc1Br. The van der Waals surface area contributed by atoms with E-state index in [1.807, 2.05) is 12.1 Å². The molecule has 21 heavy (non-hydrogen) atoms. The average Bonchev–Trinajstić information content (AvgIpc) is 2.85. The molecule has 2 N–H and O–H groups in total. The van der Waals surface area contributed by atoms with E-state index in [2.05, 4.69) is 26.6 Å². The molecule has 112 valence electrons. The van der Waals surface area contributed by atoms with Crippen molar-refractivity contribution in [2.45, 2.75) is 0 Å². The van der Waals surface area contributed by atoms with E-state index >= 15 is 0 Å². The molecule has 0 atom stereocenters. The van der Waals surface area contributed by atoms with Gasteiger partial charge >= 0.3 is 0 Å². The zero-order valence-electron chi connectivity index (χ0n) is 11.1. The zero-order chi connectivity index (χ0) is 15.2. The Morgan fingerprint density at radius 2 is 2.05 bits per heavy atom. The van der Waals surface area contributed by atoms with Crippen LogP contribution in [0.4, 0.5) is 5.69 Å². The van der Waals surface area contributed by atoms with Crippen LogP contribution in [0.1, 0.15) is 0 Å². The van der Waals surface area contributed by atoms with Gasteiger partial charge in [0.05, 0.1) is 23.9 Å². The van der Waals surface area contributed by atoms with Gasteiger partial charge < -0.3 is 15.5 Å². The molecule has 2 rings (SSSR count). The van der Waals surface area contributed by atoms with Crippen LogP contribution in [0.25, 0.3) is 0 Å². The third-order valence-electron chi connectivity index (χ3n) is 2.75. The minimum absolute atomic E-state index is 0.00581. The topological polar surface area (TPSA) is 78.5 Å². The molecule has 1 aromatic carbocycles. The first kappa shape index (κ1) is 15.8. The van der Waals surface area contributed by atoms with Gasteiger partial charge in [-0.3, -0.25) is 14.4 Å². The van der Waals surface area contributed by atoms with Gasteiger partial charge in [0.15, 0.2) is 0 Å². The van der Waals surface area contributed by atoms with Crippen molar-refractivity contribution in [1.82, 2.24) is 10.2 Å². The molecule has 0 spiro atoms. The number of thioether (sulfide) groups is 1. The predicted octanol–water partition coefficient (Wildman–Crippen LogP) is 1.04. The van der Waals surface area contributed by atoms with Gasteiger partial charge in [0, 0.05) is 4.47 Å². The first-order chi connectivity index (χ1) is 10.1. The molecule has 1 aliphatic rings. The molecule has 0 bridgehead atoms. The van der Waals surface area contributed by atoms with Crippen molar-refractivity contribution in [1.29, 1.82) is 0 Å². The van der Waals surface area contributed by atoms with Gasteiger partial charge in [-0.15, -0.1) is 11.8 Å². The van der Waals surface area contributed by atoms with Gasteiger partial charge in [-0.25, -0.2) is 0 Å². The van der Waals surface area contributed by atoms with Crippen molar-refractivity contribution in [2.75, 3.05) is 30.0 Å². The number of nitrogens with one attached hydrogen (secondary N) is 2. The van der Waals surface area contributed by atoms with Crippen molar-refractivity contribution in [3.63, 3.8) is 0 Å². The smallest absolute Gasteiger partial charge is 0.243 e. The lowest BCUT2D eigenvalue weighted by atomic mass is 10.3. The molecule has 0 unspecified atom stereocenters. The van der Waals surface area contributed by atoms with Gasteiger partial charge in [-0.2, -0.15) is 0 Å². The number of halogens is 1. The molecule has 0 aliphatic carbocycles. The van der Waals surface area contributed by atoms with Crippen LogP contribution in [0.3, 0.4) is 0 Å². The fraction of sp³-hybridized carbons (Fsp3) is 0.308. The Balaban J connectivity index is 1.75. The number of carbonyl (C=O) groups is 3. The van der Waals surface area contributed by atoms with Crippen LogP contribution in [-0.2, 0) is 14.4 Å². The van der Waals surface area contributed by atoms with Gasteiger partial charge in [-0.05, 0) is 28.1 Å². The predicted molar refractivity (Wildman–Crippen MR) is 84.8 cm³/mol. The van der Waals surface area contributed by atoms with Crippen molar-refractivity contribution < 1.29 is 14.4 Å². The Labute approximate surface area is 134 Å². The summed E-state index contributed by atoms with van der Waals surface area (Å²) in [5.41, 5.74) is 0.642. The fourth-order valence-electron chi connectivity index (χ4n) is 1.71. The summed E-state index contributed by atoms with van der Waals surface area (Å²) in [6.45, 7) is -0.135. The summed E-state index contributed by atoms with van der Waals surface area (Å²) in [5.74, 6) is 0.226. The number of hydrogen-bond acceptors (Lipinski definition) is 4. The maximum absolute atomic E-state index is 11.7. The quantitative estimate of drug-likeness (QED) is 0.810. The Morgan fingerprint density at radius 3 is 2.71 bits per heavy atom. The molecule has 1 saturated heterocycles. The summed E-state index contributed by atoms with van der Waals surface area (Å²) in [6.07, 6.45) is 0. The molecule has 8 heteroatoms. The van der Waals surface area contributed by atoms with Crippen LogP contribution >= 0.6 is 27.7 Å². The molecule has 1 heterocycles.